The number of carbonyl (C=O) groups is 1. The highest BCUT2D eigenvalue weighted by molar-refractivity contribution is 5.94. The second-order valence-corrected chi connectivity index (χ2v) is 4.01. The lowest BCUT2D eigenvalue weighted by atomic mass is 10.2. The largest absolute Gasteiger partial charge is 0.491 e. The summed E-state index contributed by atoms with van der Waals surface area (Å²) in [5.74, 6) is 0.483. The zero-order valence-electron chi connectivity index (χ0n) is 10.3. The van der Waals surface area contributed by atoms with Gasteiger partial charge in [-0.1, -0.05) is 6.07 Å². The van der Waals surface area contributed by atoms with Crippen LogP contribution in [0.5, 0.6) is 5.75 Å². The van der Waals surface area contributed by atoms with Gasteiger partial charge in [0.15, 0.2) is 0 Å². The Labute approximate surface area is 101 Å². The predicted molar refractivity (Wildman–Crippen MR) is 64.8 cm³/mol. The third-order valence-electron chi connectivity index (χ3n) is 2.11. The van der Waals surface area contributed by atoms with Crippen molar-refractivity contribution >= 4 is 5.91 Å². The fourth-order valence-electron chi connectivity index (χ4n) is 1.37. The van der Waals surface area contributed by atoms with Gasteiger partial charge in [0.05, 0.1) is 12.2 Å². The molecule has 4 nitrogen and oxygen atoms in total. The normalized spacial score (nSPS) is 9.82. The number of hydrogen-bond donors (Lipinski definition) is 0. The Morgan fingerprint density at radius 3 is 2.82 bits per heavy atom. The van der Waals surface area contributed by atoms with Crippen LogP contribution in [0.15, 0.2) is 24.3 Å². The molecule has 0 aromatic heterocycles. The van der Waals surface area contributed by atoms with Gasteiger partial charge in [-0.3, -0.25) is 4.79 Å². The van der Waals surface area contributed by atoms with Crippen molar-refractivity contribution in [1.82, 2.24) is 4.90 Å². The molecule has 0 saturated heterocycles. The van der Waals surface area contributed by atoms with Crippen LogP contribution in [0.2, 0.25) is 0 Å². The molecule has 0 aliphatic rings. The summed E-state index contributed by atoms with van der Waals surface area (Å²) in [5, 5.41) is 8.54. The summed E-state index contributed by atoms with van der Waals surface area (Å²) in [6, 6.07) is 8.92. The number of benzene rings is 1. The lowest BCUT2D eigenvalue weighted by Crippen LogP contribution is -2.26. The van der Waals surface area contributed by atoms with Gasteiger partial charge in [0, 0.05) is 12.6 Å². The smallest absolute Gasteiger partial charge is 0.254 e. The Morgan fingerprint density at radius 2 is 2.24 bits per heavy atom. The average Bonchev–Trinajstić information content (AvgIpc) is 2.28. The van der Waals surface area contributed by atoms with E-state index in [9.17, 15) is 4.79 Å². The van der Waals surface area contributed by atoms with Crippen LogP contribution < -0.4 is 4.74 Å². The van der Waals surface area contributed by atoms with Gasteiger partial charge in [0.1, 0.15) is 12.3 Å². The average molecular weight is 232 g/mol. The summed E-state index contributed by atoms with van der Waals surface area (Å²) in [6.45, 7) is 3.93. The van der Waals surface area contributed by atoms with E-state index >= 15 is 0 Å². The molecule has 17 heavy (non-hydrogen) atoms. The molecule has 4 heteroatoms. The van der Waals surface area contributed by atoms with E-state index in [0.717, 1.165) is 0 Å². The molecular weight excluding hydrogens is 216 g/mol. The van der Waals surface area contributed by atoms with E-state index in [1.807, 2.05) is 19.9 Å². The van der Waals surface area contributed by atoms with Crippen molar-refractivity contribution in [2.75, 3.05) is 13.6 Å². The molecule has 0 unspecified atom stereocenters. The fraction of sp³-hybridized carbons (Fsp3) is 0.385. The van der Waals surface area contributed by atoms with Gasteiger partial charge < -0.3 is 9.64 Å². The summed E-state index contributed by atoms with van der Waals surface area (Å²) < 4.78 is 5.51. The molecule has 0 bridgehead atoms. The Morgan fingerprint density at radius 1 is 1.53 bits per heavy atom. The zero-order valence-corrected chi connectivity index (χ0v) is 10.3. The quantitative estimate of drug-likeness (QED) is 0.747. The first-order chi connectivity index (χ1) is 8.04. The number of amides is 1. The van der Waals surface area contributed by atoms with E-state index in [4.69, 9.17) is 10.00 Å². The maximum absolute atomic E-state index is 11.9. The summed E-state index contributed by atoms with van der Waals surface area (Å²) in [6.07, 6.45) is 0.0668. The van der Waals surface area contributed by atoms with Crippen LogP contribution in [0, 0.1) is 11.3 Å². The molecule has 1 aromatic carbocycles. The molecule has 1 amide bonds. The van der Waals surface area contributed by atoms with Crippen molar-refractivity contribution in [2.24, 2.45) is 0 Å². The summed E-state index contributed by atoms with van der Waals surface area (Å²) in [4.78, 5) is 13.3. The van der Waals surface area contributed by atoms with Crippen LogP contribution in [0.3, 0.4) is 0 Å². The molecule has 0 N–H and O–H groups in total. The molecule has 0 atom stereocenters. The number of carbonyl (C=O) groups excluding carboxylic acids is 1. The number of nitrogens with zero attached hydrogens (tertiary/aromatic N) is 2. The number of ether oxygens (including phenoxy) is 1. The van der Waals surface area contributed by atoms with Crippen LogP contribution in [0.1, 0.15) is 24.2 Å². The van der Waals surface area contributed by atoms with Crippen LogP contribution >= 0.6 is 0 Å². The first-order valence-electron chi connectivity index (χ1n) is 5.43. The van der Waals surface area contributed by atoms with Crippen molar-refractivity contribution in [2.45, 2.75) is 20.0 Å². The minimum atomic E-state index is -0.180. The molecule has 0 heterocycles. The maximum atomic E-state index is 11.9. The van der Waals surface area contributed by atoms with E-state index in [1.54, 1.807) is 31.3 Å². The van der Waals surface area contributed by atoms with E-state index < -0.39 is 0 Å². The van der Waals surface area contributed by atoms with Crippen molar-refractivity contribution in [3.05, 3.63) is 29.8 Å². The topological polar surface area (TPSA) is 53.3 Å². The van der Waals surface area contributed by atoms with Crippen LogP contribution in [0.25, 0.3) is 0 Å². The zero-order chi connectivity index (χ0) is 12.8. The lowest BCUT2D eigenvalue weighted by Gasteiger charge is -2.14. The predicted octanol–water partition coefficient (Wildman–Crippen LogP) is 2.07. The Bertz CT molecular complexity index is 435. The Kier molecular flexibility index (Phi) is 4.53. The molecule has 0 aliphatic heterocycles. The Hall–Kier alpha value is -2.02. The van der Waals surface area contributed by atoms with Gasteiger partial charge in [-0.05, 0) is 32.0 Å². The van der Waals surface area contributed by atoms with Gasteiger partial charge >= 0.3 is 0 Å². The highest BCUT2D eigenvalue weighted by atomic mass is 16.5. The van der Waals surface area contributed by atoms with Gasteiger partial charge in [-0.25, -0.2) is 0 Å². The van der Waals surface area contributed by atoms with Gasteiger partial charge in [0.25, 0.3) is 5.91 Å². The third-order valence-corrected chi connectivity index (χ3v) is 2.11. The number of rotatable bonds is 4. The molecule has 0 spiro atoms. The summed E-state index contributed by atoms with van der Waals surface area (Å²) >= 11 is 0. The monoisotopic (exact) mass is 232 g/mol. The van der Waals surface area contributed by atoms with E-state index in [0.29, 0.717) is 11.3 Å². The second-order valence-electron chi connectivity index (χ2n) is 4.01. The molecule has 1 aromatic rings. The highest BCUT2D eigenvalue weighted by Crippen LogP contribution is 2.15. The summed E-state index contributed by atoms with van der Waals surface area (Å²) in [7, 11) is 1.60. The van der Waals surface area contributed by atoms with E-state index in [2.05, 4.69) is 0 Å². The standard InChI is InChI=1S/C13H16N2O2/c1-10(2)17-12-6-4-5-11(9-12)13(16)15(3)8-7-14/h4-6,9-10H,8H2,1-3H3. The number of nitriles is 1. The Balaban J connectivity index is 2.84. The highest BCUT2D eigenvalue weighted by Gasteiger charge is 2.11. The minimum absolute atomic E-state index is 0.0668. The van der Waals surface area contributed by atoms with Crippen molar-refractivity contribution < 1.29 is 9.53 Å². The third kappa shape index (κ3) is 3.80. The first-order valence-corrected chi connectivity index (χ1v) is 5.43. The molecule has 1 rings (SSSR count). The second kappa shape index (κ2) is 5.90. The SMILES string of the molecule is CC(C)Oc1cccc(C(=O)N(C)CC#N)c1. The van der Waals surface area contributed by atoms with E-state index in [1.165, 1.54) is 4.90 Å². The lowest BCUT2D eigenvalue weighted by molar-refractivity contribution is 0.0811. The fourth-order valence-corrected chi connectivity index (χ4v) is 1.37. The molecule has 0 radical (unpaired) electrons. The van der Waals surface area contributed by atoms with Crippen LogP contribution in [-0.4, -0.2) is 30.5 Å². The molecule has 90 valence electrons. The maximum Gasteiger partial charge on any atom is 0.254 e. The molecule has 0 fully saturated rings. The van der Waals surface area contributed by atoms with Crippen molar-refractivity contribution in [3.8, 4) is 11.8 Å². The minimum Gasteiger partial charge on any atom is -0.491 e. The molecular formula is C13H16N2O2. The van der Waals surface area contributed by atoms with Gasteiger partial charge in [-0.2, -0.15) is 5.26 Å². The molecule has 0 aliphatic carbocycles. The van der Waals surface area contributed by atoms with E-state index in [-0.39, 0.29) is 18.6 Å². The van der Waals surface area contributed by atoms with Gasteiger partial charge in [0.2, 0.25) is 0 Å². The molecule has 0 saturated carbocycles. The number of hydrogen-bond acceptors (Lipinski definition) is 3. The van der Waals surface area contributed by atoms with Crippen LogP contribution in [0.4, 0.5) is 0 Å². The first kappa shape index (κ1) is 13.0. The summed E-state index contributed by atoms with van der Waals surface area (Å²) in [5.41, 5.74) is 0.529. The van der Waals surface area contributed by atoms with Crippen molar-refractivity contribution in [1.29, 1.82) is 5.26 Å². The van der Waals surface area contributed by atoms with Crippen LogP contribution in [-0.2, 0) is 0 Å². The van der Waals surface area contributed by atoms with Crippen molar-refractivity contribution in [3.63, 3.8) is 0 Å². The van der Waals surface area contributed by atoms with Gasteiger partial charge in [-0.15, -0.1) is 0 Å².